The van der Waals surface area contributed by atoms with Crippen molar-refractivity contribution < 1.29 is 28.7 Å². The quantitative estimate of drug-likeness (QED) is 0.309. The number of fused-ring (bicyclic) bond motifs is 1. The summed E-state index contributed by atoms with van der Waals surface area (Å²) in [5.74, 6) is -1.09. The third-order valence-corrected chi connectivity index (χ3v) is 6.03. The Morgan fingerprint density at radius 2 is 1.40 bits per heavy atom. The Bertz CT molecular complexity index is 1280. The van der Waals surface area contributed by atoms with E-state index in [1.165, 1.54) is 12.1 Å². The van der Waals surface area contributed by atoms with Gasteiger partial charge in [-0.2, -0.15) is 0 Å². The molecule has 1 saturated heterocycles. The van der Waals surface area contributed by atoms with E-state index in [1.807, 2.05) is 6.92 Å². The Labute approximate surface area is 201 Å². The number of hydrogen-bond acceptors (Lipinski definition) is 6. The van der Waals surface area contributed by atoms with E-state index in [2.05, 4.69) is 0 Å². The van der Waals surface area contributed by atoms with Crippen LogP contribution in [0.4, 0.5) is 11.4 Å². The van der Waals surface area contributed by atoms with Gasteiger partial charge in [-0.25, -0.2) is 4.90 Å². The number of carbonyl (C=O) groups is 4. The van der Waals surface area contributed by atoms with Crippen molar-refractivity contribution in [1.82, 2.24) is 0 Å². The molecule has 0 spiro atoms. The topological polar surface area (TPSA) is 93.2 Å². The van der Waals surface area contributed by atoms with Crippen molar-refractivity contribution in [2.45, 2.75) is 13.3 Å². The van der Waals surface area contributed by atoms with Crippen molar-refractivity contribution in [3.63, 3.8) is 0 Å². The maximum atomic E-state index is 12.7. The first-order chi connectivity index (χ1) is 17.0. The van der Waals surface area contributed by atoms with Gasteiger partial charge in [-0.15, -0.1) is 0 Å². The second-order valence-electron chi connectivity index (χ2n) is 8.24. The summed E-state index contributed by atoms with van der Waals surface area (Å²) in [5, 5.41) is 0. The molecular formula is C27H22N2O6. The van der Waals surface area contributed by atoms with Crippen molar-refractivity contribution in [2.24, 2.45) is 5.92 Å². The third kappa shape index (κ3) is 4.14. The molecule has 8 nitrogen and oxygen atoms in total. The van der Waals surface area contributed by atoms with Gasteiger partial charge in [0.1, 0.15) is 11.5 Å². The summed E-state index contributed by atoms with van der Waals surface area (Å²) in [6, 6.07) is 19.9. The van der Waals surface area contributed by atoms with Crippen molar-refractivity contribution in [1.29, 1.82) is 0 Å². The molecular weight excluding hydrogens is 448 g/mol. The monoisotopic (exact) mass is 470 g/mol. The van der Waals surface area contributed by atoms with Crippen LogP contribution in [0, 0.1) is 5.92 Å². The van der Waals surface area contributed by atoms with Crippen molar-refractivity contribution >= 4 is 35.1 Å². The number of rotatable bonds is 6. The van der Waals surface area contributed by atoms with Crippen LogP contribution in [0.3, 0.4) is 0 Å². The fourth-order valence-electron chi connectivity index (χ4n) is 4.29. The van der Waals surface area contributed by atoms with Crippen LogP contribution in [0.1, 0.15) is 34.1 Å². The first-order valence-electron chi connectivity index (χ1n) is 11.3. The molecule has 0 N–H and O–H groups in total. The summed E-state index contributed by atoms with van der Waals surface area (Å²) in [6.07, 6.45) is 0.0547. The molecule has 8 heteroatoms. The second-order valence-corrected chi connectivity index (χ2v) is 8.24. The molecule has 0 aromatic heterocycles. The van der Waals surface area contributed by atoms with E-state index in [4.69, 9.17) is 9.47 Å². The zero-order valence-electron chi connectivity index (χ0n) is 19.0. The molecule has 3 aromatic rings. The van der Waals surface area contributed by atoms with Gasteiger partial charge in [-0.3, -0.25) is 19.2 Å². The first-order valence-corrected chi connectivity index (χ1v) is 11.3. The maximum absolute atomic E-state index is 12.7. The largest absolute Gasteiger partial charge is 0.494 e. The molecule has 3 amide bonds. The number of amides is 3. The Morgan fingerprint density at radius 3 is 2.00 bits per heavy atom. The van der Waals surface area contributed by atoms with E-state index in [1.54, 1.807) is 65.6 Å². The van der Waals surface area contributed by atoms with Crippen LogP contribution < -0.4 is 19.3 Å². The summed E-state index contributed by atoms with van der Waals surface area (Å²) < 4.78 is 10.9. The van der Waals surface area contributed by atoms with Crippen LogP contribution in [0.15, 0.2) is 72.8 Å². The molecule has 0 saturated carbocycles. The van der Waals surface area contributed by atoms with Gasteiger partial charge >= 0.3 is 5.97 Å². The molecule has 5 rings (SSSR count). The van der Waals surface area contributed by atoms with Gasteiger partial charge in [0.15, 0.2) is 0 Å². The molecule has 35 heavy (non-hydrogen) atoms. The van der Waals surface area contributed by atoms with Crippen LogP contribution >= 0.6 is 0 Å². The molecule has 0 radical (unpaired) electrons. The Morgan fingerprint density at radius 1 is 0.829 bits per heavy atom. The summed E-state index contributed by atoms with van der Waals surface area (Å²) in [5.41, 5.74) is 1.79. The average molecular weight is 470 g/mol. The molecule has 0 unspecified atom stereocenters. The number of nitrogens with zero attached hydrogens (tertiary/aromatic N) is 2. The highest BCUT2D eigenvalue weighted by molar-refractivity contribution is 6.34. The minimum atomic E-state index is -0.606. The van der Waals surface area contributed by atoms with Crippen LogP contribution in [0.2, 0.25) is 0 Å². The van der Waals surface area contributed by atoms with E-state index in [0.717, 1.165) is 4.90 Å². The smallest absolute Gasteiger partial charge is 0.316 e. The number of ether oxygens (including phenoxy) is 2. The van der Waals surface area contributed by atoms with Gasteiger partial charge in [-0.05, 0) is 67.6 Å². The van der Waals surface area contributed by atoms with Gasteiger partial charge in [-0.1, -0.05) is 12.1 Å². The van der Waals surface area contributed by atoms with Gasteiger partial charge in [0.2, 0.25) is 5.91 Å². The summed E-state index contributed by atoms with van der Waals surface area (Å²) in [7, 11) is 0. The van der Waals surface area contributed by atoms with E-state index >= 15 is 0 Å². The van der Waals surface area contributed by atoms with Crippen molar-refractivity contribution in [2.75, 3.05) is 23.0 Å². The van der Waals surface area contributed by atoms with E-state index < -0.39 is 23.7 Å². The van der Waals surface area contributed by atoms with Crippen LogP contribution in [0.5, 0.6) is 11.5 Å². The summed E-state index contributed by atoms with van der Waals surface area (Å²) >= 11 is 0. The maximum Gasteiger partial charge on any atom is 0.316 e. The second kappa shape index (κ2) is 9.06. The lowest BCUT2D eigenvalue weighted by Gasteiger charge is -2.17. The molecule has 176 valence electrons. The Kier molecular flexibility index (Phi) is 5.78. The number of imide groups is 1. The molecule has 1 fully saturated rings. The van der Waals surface area contributed by atoms with Gasteiger partial charge < -0.3 is 14.4 Å². The molecule has 2 aliphatic rings. The number of anilines is 2. The Hall–Kier alpha value is -4.46. The van der Waals surface area contributed by atoms with E-state index in [-0.39, 0.29) is 24.6 Å². The van der Waals surface area contributed by atoms with E-state index in [9.17, 15) is 19.2 Å². The number of hydrogen-bond donors (Lipinski definition) is 0. The van der Waals surface area contributed by atoms with E-state index in [0.29, 0.717) is 34.9 Å². The predicted octanol–water partition coefficient (Wildman–Crippen LogP) is 3.84. The van der Waals surface area contributed by atoms with Crippen LogP contribution in [-0.2, 0) is 9.59 Å². The fraction of sp³-hybridized carbons (Fsp3) is 0.185. The van der Waals surface area contributed by atoms with Gasteiger partial charge in [0, 0.05) is 18.7 Å². The highest BCUT2D eigenvalue weighted by Crippen LogP contribution is 2.31. The lowest BCUT2D eigenvalue weighted by Crippen LogP contribution is -2.29. The van der Waals surface area contributed by atoms with Gasteiger partial charge in [0.25, 0.3) is 11.8 Å². The third-order valence-electron chi connectivity index (χ3n) is 6.03. The lowest BCUT2D eigenvalue weighted by molar-refractivity contribution is -0.139. The van der Waals surface area contributed by atoms with Crippen LogP contribution in [0.25, 0.3) is 0 Å². The van der Waals surface area contributed by atoms with Crippen LogP contribution in [-0.4, -0.2) is 36.8 Å². The number of benzene rings is 3. The minimum Gasteiger partial charge on any atom is -0.494 e. The SMILES string of the molecule is CCOc1ccc(N2C[C@H](C(=O)Oc3ccc(N4C(=O)c5ccccc5C4=O)cc3)CC2=O)cc1. The number of esters is 1. The normalized spacial score (nSPS) is 17.1. The molecule has 1 atom stereocenters. The fourth-order valence-corrected chi connectivity index (χ4v) is 4.29. The number of carbonyl (C=O) groups excluding carboxylic acids is 4. The minimum absolute atomic E-state index is 0.0547. The van der Waals surface area contributed by atoms with Crippen molar-refractivity contribution in [3.05, 3.63) is 83.9 Å². The highest BCUT2D eigenvalue weighted by atomic mass is 16.5. The standard InChI is InChI=1S/C27H22N2O6/c1-2-34-20-11-7-18(8-12-20)28-16-17(15-24(28)30)27(33)35-21-13-9-19(10-14-21)29-25(31)22-5-3-4-6-23(22)26(29)32/h3-14,17H,2,15-16H2,1H3/t17-/m1/s1. The summed E-state index contributed by atoms with van der Waals surface area (Å²) in [6.45, 7) is 2.67. The summed E-state index contributed by atoms with van der Waals surface area (Å²) in [4.78, 5) is 53.2. The van der Waals surface area contributed by atoms with Crippen molar-refractivity contribution in [3.8, 4) is 11.5 Å². The molecule has 2 aliphatic heterocycles. The lowest BCUT2D eigenvalue weighted by atomic mass is 10.1. The first kappa shape index (κ1) is 22.3. The average Bonchev–Trinajstić information content (AvgIpc) is 3.38. The zero-order valence-corrected chi connectivity index (χ0v) is 19.0. The molecule has 0 aliphatic carbocycles. The predicted molar refractivity (Wildman–Crippen MR) is 128 cm³/mol. The zero-order chi connectivity index (χ0) is 24.5. The van der Waals surface area contributed by atoms with Gasteiger partial charge in [0.05, 0.1) is 29.3 Å². The Balaban J connectivity index is 1.23. The molecule has 2 heterocycles. The highest BCUT2D eigenvalue weighted by Gasteiger charge is 2.37. The molecule has 3 aromatic carbocycles. The molecule has 0 bridgehead atoms.